The van der Waals surface area contributed by atoms with Crippen molar-refractivity contribution in [3.05, 3.63) is 83.7 Å². The predicted molar refractivity (Wildman–Crippen MR) is 158 cm³/mol. The quantitative estimate of drug-likeness (QED) is 0.239. The van der Waals surface area contributed by atoms with Gasteiger partial charge in [-0.15, -0.1) is 0 Å². The Morgan fingerprint density at radius 3 is 2.42 bits per heavy atom. The van der Waals surface area contributed by atoms with E-state index in [9.17, 15) is 9.59 Å². The smallest absolute Gasteiger partial charge is 0.347 e. The molecule has 212 valence electrons. The normalized spacial score (nSPS) is 13.1. The Morgan fingerprint density at radius 1 is 0.977 bits per heavy atom. The van der Waals surface area contributed by atoms with Gasteiger partial charge in [0.05, 0.1) is 22.6 Å². The number of amides is 2. The monoisotopic (exact) mass is 599 g/mol. The van der Waals surface area contributed by atoms with Gasteiger partial charge < -0.3 is 14.6 Å². The molecular weight excluding hydrogens is 570 g/mol. The number of rotatable bonds is 8. The summed E-state index contributed by atoms with van der Waals surface area (Å²) < 4.78 is 2.23. The van der Waals surface area contributed by atoms with Crippen LogP contribution in [0.15, 0.2) is 71.8 Å². The summed E-state index contributed by atoms with van der Waals surface area (Å²) in [4.78, 5) is 31.0. The Bertz CT molecular complexity index is 1790. The molecular formula is C31H30KN9O2. The van der Waals surface area contributed by atoms with E-state index in [1.165, 1.54) is 9.91 Å². The van der Waals surface area contributed by atoms with Crippen molar-refractivity contribution < 1.29 is 61.0 Å². The molecule has 0 unspecified atom stereocenters. The van der Waals surface area contributed by atoms with Crippen LogP contribution in [0, 0.1) is 0 Å². The fraction of sp³-hybridized carbons (Fsp3) is 0.258. The Kier molecular flexibility index (Phi) is 9.62. The molecule has 6 rings (SSSR count). The summed E-state index contributed by atoms with van der Waals surface area (Å²) in [6.45, 7) is 2.69. The number of hydrogen-bond acceptors (Lipinski definition) is 7. The van der Waals surface area contributed by atoms with Crippen LogP contribution >= 0.6 is 0 Å². The van der Waals surface area contributed by atoms with E-state index < -0.39 is 0 Å². The number of hydrogen-bond donors (Lipinski definition) is 0. The van der Waals surface area contributed by atoms with Crippen molar-refractivity contribution in [3.8, 4) is 22.5 Å². The number of hydrazone groups is 1. The van der Waals surface area contributed by atoms with Crippen molar-refractivity contribution >= 4 is 28.6 Å². The molecule has 0 saturated heterocycles. The van der Waals surface area contributed by atoms with E-state index in [-0.39, 0.29) is 69.7 Å². The van der Waals surface area contributed by atoms with Crippen LogP contribution < -0.4 is 56.6 Å². The van der Waals surface area contributed by atoms with Gasteiger partial charge in [-0.2, -0.15) is 5.10 Å². The third-order valence-corrected chi connectivity index (χ3v) is 7.46. The van der Waals surface area contributed by atoms with E-state index in [0.29, 0.717) is 25.2 Å². The van der Waals surface area contributed by atoms with Crippen molar-refractivity contribution in [1.82, 2.24) is 40.1 Å². The fourth-order valence-electron chi connectivity index (χ4n) is 5.15. The number of benzene rings is 3. The third kappa shape index (κ3) is 6.53. The van der Waals surface area contributed by atoms with Crippen molar-refractivity contribution in [2.24, 2.45) is 5.10 Å². The molecule has 12 heteroatoms. The molecule has 1 aliphatic rings. The van der Waals surface area contributed by atoms with Crippen molar-refractivity contribution in [1.29, 1.82) is 0 Å². The number of imidazole rings is 1. The van der Waals surface area contributed by atoms with Crippen LogP contribution in [0.25, 0.3) is 33.5 Å². The number of carbonyl (C=O) groups excluding carboxylic acids is 2. The minimum Gasteiger partial charge on any atom is -0.347 e. The van der Waals surface area contributed by atoms with E-state index >= 15 is 0 Å². The first kappa shape index (κ1) is 30.9. The number of fused-ring (bicyclic) bond motifs is 1. The summed E-state index contributed by atoms with van der Waals surface area (Å²) in [6, 6.07) is 22.5. The molecule has 0 saturated carbocycles. The Labute approximate surface area is 291 Å². The number of carbonyl (C=O) groups is 2. The summed E-state index contributed by atoms with van der Waals surface area (Å²) in [7, 11) is 3.34. The van der Waals surface area contributed by atoms with Crippen LogP contribution in [0.1, 0.15) is 36.7 Å². The van der Waals surface area contributed by atoms with Crippen LogP contribution in [0.4, 0.5) is 0 Å². The van der Waals surface area contributed by atoms with E-state index in [1.807, 2.05) is 36.4 Å². The largest absolute Gasteiger partial charge is 1.00 e. The molecule has 3 heterocycles. The Morgan fingerprint density at radius 2 is 1.72 bits per heavy atom. The molecule has 0 aliphatic carbocycles. The molecule has 0 bridgehead atoms. The van der Waals surface area contributed by atoms with E-state index in [4.69, 9.17) is 4.98 Å². The van der Waals surface area contributed by atoms with Gasteiger partial charge in [0.1, 0.15) is 12.4 Å². The first-order valence-electron chi connectivity index (χ1n) is 13.9. The number of tetrazole rings is 1. The Balaban J connectivity index is 0.00000368. The molecule has 43 heavy (non-hydrogen) atoms. The maximum atomic E-state index is 12.5. The van der Waals surface area contributed by atoms with Crippen molar-refractivity contribution in [3.63, 3.8) is 0 Å². The van der Waals surface area contributed by atoms with Crippen LogP contribution in [0.5, 0.6) is 0 Å². The molecule has 2 aromatic heterocycles. The molecule has 0 N–H and O–H groups in total. The standard InChI is InChI=1S/C31H30N9O2.K/c1-4-28-32-26-14-13-22(25-15-16-29(41)40(35-25)19-30(42)38(2)3)17-27(26)39(28)18-20-9-11-21(12-10-20)23-7-5-6-8-24(23)31-33-36-37-34-31;/h5-14,17H,4,15-16,18-19H2,1-3H3;/q-1;+1. The van der Waals surface area contributed by atoms with Gasteiger partial charge in [0.15, 0.2) is 0 Å². The summed E-state index contributed by atoms with van der Waals surface area (Å²) >= 11 is 0. The second-order valence-electron chi connectivity index (χ2n) is 10.4. The SMILES string of the molecule is CCc1nc2ccc(C3=NN(CC(=O)N(C)C)C(=O)CC3)cc2n1Cc1ccc(-c2ccccc2-c2nn[n-]n2)cc1.[K+]. The van der Waals surface area contributed by atoms with Crippen LogP contribution in [-0.4, -0.2) is 73.0 Å². The van der Waals surface area contributed by atoms with Crippen LogP contribution in [-0.2, 0) is 22.6 Å². The van der Waals surface area contributed by atoms with Gasteiger partial charge in [-0.3, -0.25) is 20.0 Å². The Hall–Kier alpha value is -3.55. The fourth-order valence-corrected chi connectivity index (χ4v) is 5.15. The molecule has 2 amide bonds. The van der Waals surface area contributed by atoms with Gasteiger partial charge in [-0.25, -0.2) is 15.1 Å². The summed E-state index contributed by atoms with van der Waals surface area (Å²) in [6.07, 6.45) is 1.63. The van der Waals surface area contributed by atoms with E-state index in [1.54, 1.807) is 14.1 Å². The molecule has 0 radical (unpaired) electrons. The third-order valence-electron chi connectivity index (χ3n) is 7.46. The number of nitrogens with zero attached hydrogens (tertiary/aromatic N) is 9. The molecule has 0 atom stereocenters. The molecule has 0 spiro atoms. The van der Waals surface area contributed by atoms with Gasteiger partial charge in [-0.1, -0.05) is 61.5 Å². The predicted octanol–water partition coefficient (Wildman–Crippen LogP) is 0.542. The summed E-state index contributed by atoms with van der Waals surface area (Å²) in [5.41, 5.74) is 7.70. The zero-order valence-corrected chi connectivity index (χ0v) is 27.9. The van der Waals surface area contributed by atoms with E-state index in [0.717, 1.165) is 56.8 Å². The maximum absolute atomic E-state index is 12.5. The minimum atomic E-state index is -0.169. The average molecular weight is 600 g/mol. The van der Waals surface area contributed by atoms with Gasteiger partial charge in [0.25, 0.3) is 0 Å². The topological polar surface area (TPSA) is 124 Å². The first-order chi connectivity index (χ1) is 20.4. The minimum absolute atomic E-state index is 0. The second kappa shape index (κ2) is 13.4. The molecule has 1 aliphatic heterocycles. The molecule has 5 aromatic rings. The van der Waals surface area contributed by atoms with Crippen molar-refractivity contribution in [2.45, 2.75) is 32.7 Å². The van der Waals surface area contributed by atoms with Gasteiger partial charge in [0.2, 0.25) is 11.8 Å². The summed E-state index contributed by atoms with van der Waals surface area (Å²) in [5, 5.41) is 21.2. The van der Waals surface area contributed by atoms with Crippen molar-refractivity contribution in [2.75, 3.05) is 20.6 Å². The summed E-state index contributed by atoms with van der Waals surface area (Å²) in [5.74, 6) is 1.18. The zero-order valence-electron chi connectivity index (χ0n) is 24.7. The van der Waals surface area contributed by atoms with Gasteiger partial charge in [0, 0.05) is 45.5 Å². The number of aryl methyl sites for hydroxylation is 1. The zero-order chi connectivity index (χ0) is 29.2. The maximum Gasteiger partial charge on any atom is 1.00 e. The van der Waals surface area contributed by atoms with Crippen LogP contribution in [0.2, 0.25) is 0 Å². The number of aromatic nitrogens is 6. The van der Waals surface area contributed by atoms with Gasteiger partial charge in [-0.05, 0) is 34.4 Å². The molecule has 3 aromatic carbocycles. The van der Waals surface area contributed by atoms with Crippen LogP contribution in [0.3, 0.4) is 0 Å². The number of likely N-dealkylation sites (N-methyl/N-ethyl adjacent to an activating group) is 1. The van der Waals surface area contributed by atoms with Gasteiger partial charge >= 0.3 is 51.4 Å². The first-order valence-corrected chi connectivity index (χ1v) is 13.9. The molecule has 11 nitrogen and oxygen atoms in total. The molecule has 0 fully saturated rings. The van der Waals surface area contributed by atoms with E-state index in [2.05, 4.69) is 67.5 Å². The average Bonchev–Trinajstić information content (AvgIpc) is 3.67. The second-order valence-corrected chi connectivity index (χ2v) is 10.4.